The van der Waals surface area contributed by atoms with Gasteiger partial charge in [0, 0.05) is 0 Å². The summed E-state index contributed by atoms with van der Waals surface area (Å²) in [5, 5.41) is 9.78. The molecule has 0 radical (unpaired) electrons. The van der Waals surface area contributed by atoms with Crippen LogP contribution in [0.2, 0.25) is 0 Å². The number of hydrogen-bond acceptors (Lipinski definition) is 4. The van der Waals surface area contributed by atoms with Crippen molar-refractivity contribution in [2.75, 3.05) is 11.8 Å². The molecule has 112 valence electrons. The largest absolute Gasteiger partial charge is 0.506 e. The first-order chi connectivity index (χ1) is 9.85. The number of para-hydroxylation sites is 1. The van der Waals surface area contributed by atoms with Crippen LogP contribution in [0.25, 0.3) is 0 Å². The zero-order valence-corrected chi connectivity index (χ0v) is 12.2. The lowest BCUT2D eigenvalue weighted by molar-refractivity contribution is 0.411. The van der Waals surface area contributed by atoms with E-state index in [-0.39, 0.29) is 22.1 Å². The number of phenolic OH excluding ortho intramolecular Hbond substituents is 1. The van der Waals surface area contributed by atoms with Crippen LogP contribution in [-0.4, -0.2) is 20.6 Å². The van der Waals surface area contributed by atoms with Crippen LogP contribution < -0.4 is 9.46 Å². The van der Waals surface area contributed by atoms with Gasteiger partial charge in [0.1, 0.15) is 23.0 Å². The van der Waals surface area contributed by atoms with Crippen LogP contribution in [0.4, 0.5) is 10.1 Å². The summed E-state index contributed by atoms with van der Waals surface area (Å²) in [4.78, 5) is -0.201. The summed E-state index contributed by atoms with van der Waals surface area (Å²) in [5.74, 6) is -0.787. The Labute approximate surface area is 122 Å². The first-order valence-corrected chi connectivity index (χ1v) is 7.48. The number of phenols is 1. The van der Waals surface area contributed by atoms with Crippen LogP contribution in [0.5, 0.6) is 11.5 Å². The molecule has 0 aliphatic carbocycles. The molecule has 21 heavy (non-hydrogen) atoms. The molecule has 0 atom stereocenters. The third-order valence-electron chi connectivity index (χ3n) is 2.90. The minimum atomic E-state index is -4.05. The Kier molecular flexibility index (Phi) is 4.04. The fourth-order valence-electron chi connectivity index (χ4n) is 1.85. The summed E-state index contributed by atoms with van der Waals surface area (Å²) in [6, 6.07) is 7.79. The van der Waals surface area contributed by atoms with E-state index >= 15 is 0 Å². The highest BCUT2D eigenvalue weighted by Crippen LogP contribution is 2.35. The molecule has 0 unspecified atom stereocenters. The van der Waals surface area contributed by atoms with E-state index in [4.69, 9.17) is 4.74 Å². The fraction of sp³-hybridized carbons (Fsp3) is 0.143. The first-order valence-electron chi connectivity index (χ1n) is 6.00. The van der Waals surface area contributed by atoms with Gasteiger partial charge in [0.15, 0.2) is 0 Å². The van der Waals surface area contributed by atoms with Crippen molar-refractivity contribution in [1.82, 2.24) is 0 Å². The van der Waals surface area contributed by atoms with Crippen molar-refractivity contribution in [2.45, 2.75) is 11.8 Å². The number of hydrogen-bond donors (Lipinski definition) is 2. The van der Waals surface area contributed by atoms with Gasteiger partial charge in [-0.3, -0.25) is 4.72 Å². The number of aryl methyl sites for hydroxylation is 1. The molecule has 0 amide bonds. The van der Waals surface area contributed by atoms with Gasteiger partial charge in [-0.1, -0.05) is 12.1 Å². The van der Waals surface area contributed by atoms with Crippen molar-refractivity contribution in [3.05, 3.63) is 47.8 Å². The summed E-state index contributed by atoms with van der Waals surface area (Å²) in [6.07, 6.45) is 0. The second-order valence-electron chi connectivity index (χ2n) is 4.37. The minimum absolute atomic E-state index is 0.0938. The number of ether oxygens (including phenoxy) is 1. The van der Waals surface area contributed by atoms with Crippen molar-refractivity contribution in [3.63, 3.8) is 0 Å². The van der Waals surface area contributed by atoms with Crippen LogP contribution in [0.15, 0.2) is 41.3 Å². The van der Waals surface area contributed by atoms with Crippen LogP contribution in [-0.2, 0) is 10.0 Å². The van der Waals surface area contributed by atoms with Gasteiger partial charge in [-0.15, -0.1) is 0 Å². The Morgan fingerprint density at radius 1 is 1.24 bits per heavy atom. The van der Waals surface area contributed by atoms with Crippen LogP contribution in [0, 0.1) is 12.7 Å². The Morgan fingerprint density at radius 3 is 2.62 bits per heavy atom. The molecule has 2 N–H and O–H groups in total. The smallest absolute Gasteiger partial charge is 0.262 e. The molecule has 0 aliphatic rings. The summed E-state index contributed by atoms with van der Waals surface area (Å²) < 4.78 is 45.2. The Balaban J connectivity index is 2.50. The van der Waals surface area contributed by atoms with Gasteiger partial charge in [-0.05, 0) is 36.8 Å². The predicted molar refractivity (Wildman–Crippen MR) is 76.6 cm³/mol. The summed E-state index contributed by atoms with van der Waals surface area (Å²) >= 11 is 0. The van der Waals surface area contributed by atoms with E-state index in [0.717, 1.165) is 6.07 Å². The standard InChI is InChI=1S/C14H14FNO4S/c1-9-6-7-10(15)8-13(9)21(18,19)16-14-11(17)4-3-5-12(14)20-2/h3-8,16-17H,1-2H3. The number of benzene rings is 2. The topological polar surface area (TPSA) is 75.6 Å². The lowest BCUT2D eigenvalue weighted by atomic mass is 10.2. The van der Waals surface area contributed by atoms with E-state index in [1.165, 1.54) is 37.4 Å². The zero-order valence-electron chi connectivity index (χ0n) is 11.4. The lowest BCUT2D eigenvalue weighted by Gasteiger charge is -2.14. The summed E-state index contributed by atoms with van der Waals surface area (Å²) in [6.45, 7) is 1.55. The van der Waals surface area contributed by atoms with E-state index in [0.29, 0.717) is 5.56 Å². The van der Waals surface area contributed by atoms with Crippen molar-refractivity contribution in [1.29, 1.82) is 0 Å². The SMILES string of the molecule is COc1cccc(O)c1NS(=O)(=O)c1cc(F)ccc1C. The molecule has 0 saturated carbocycles. The summed E-state index contributed by atoms with van der Waals surface area (Å²) in [7, 11) is -2.70. The number of anilines is 1. The quantitative estimate of drug-likeness (QED) is 0.851. The van der Waals surface area contributed by atoms with E-state index in [1.54, 1.807) is 6.92 Å². The molecule has 7 heteroatoms. The van der Waals surface area contributed by atoms with Crippen LogP contribution in [0.1, 0.15) is 5.56 Å². The monoisotopic (exact) mass is 311 g/mol. The number of aromatic hydroxyl groups is 1. The van der Waals surface area contributed by atoms with Gasteiger partial charge in [-0.2, -0.15) is 0 Å². The number of sulfonamides is 1. The van der Waals surface area contributed by atoms with Crippen molar-refractivity contribution < 1.29 is 22.7 Å². The van der Waals surface area contributed by atoms with Crippen molar-refractivity contribution in [3.8, 4) is 11.5 Å². The molecule has 0 saturated heterocycles. The molecule has 0 spiro atoms. The average Bonchev–Trinajstić information content (AvgIpc) is 2.43. The molecular weight excluding hydrogens is 297 g/mol. The zero-order chi connectivity index (χ0) is 15.6. The van der Waals surface area contributed by atoms with Crippen molar-refractivity contribution in [2.24, 2.45) is 0 Å². The molecular formula is C14H14FNO4S. The Bertz CT molecular complexity index is 775. The molecule has 2 aromatic rings. The Morgan fingerprint density at radius 2 is 1.95 bits per heavy atom. The number of nitrogens with one attached hydrogen (secondary N) is 1. The third-order valence-corrected chi connectivity index (χ3v) is 4.39. The van der Waals surface area contributed by atoms with Gasteiger partial charge in [0.25, 0.3) is 10.0 Å². The van der Waals surface area contributed by atoms with E-state index < -0.39 is 15.8 Å². The minimum Gasteiger partial charge on any atom is -0.506 e. The lowest BCUT2D eigenvalue weighted by Crippen LogP contribution is -2.15. The highest BCUT2D eigenvalue weighted by molar-refractivity contribution is 7.92. The molecule has 0 aliphatic heterocycles. The van der Waals surface area contributed by atoms with Gasteiger partial charge in [-0.25, -0.2) is 12.8 Å². The fourth-order valence-corrected chi connectivity index (χ4v) is 3.19. The van der Waals surface area contributed by atoms with Gasteiger partial charge >= 0.3 is 0 Å². The number of halogens is 1. The maximum atomic E-state index is 13.3. The molecule has 5 nitrogen and oxygen atoms in total. The molecule has 0 fully saturated rings. The normalized spacial score (nSPS) is 11.2. The summed E-state index contributed by atoms with van der Waals surface area (Å²) in [5.41, 5.74) is 0.293. The van der Waals surface area contributed by atoms with Crippen LogP contribution in [0.3, 0.4) is 0 Å². The van der Waals surface area contributed by atoms with Gasteiger partial charge < -0.3 is 9.84 Å². The highest BCUT2D eigenvalue weighted by atomic mass is 32.2. The predicted octanol–water partition coefficient (Wildman–Crippen LogP) is 2.65. The van der Waals surface area contributed by atoms with E-state index in [9.17, 15) is 17.9 Å². The van der Waals surface area contributed by atoms with Gasteiger partial charge in [0.05, 0.1) is 12.0 Å². The second kappa shape index (κ2) is 5.61. The molecule has 0 aromatic heterocycles. The molecule has 0 heterocycles. The third kappa shape index (κ3) is 3.08. The van der Waals surface area contributed by atoms with Gasteiger partial charge in [0.2, 0.25) is 0 Å². The van der Waals surface area contributed by atoms with E-state index in [2.05, 4.69) is 4.72 Å². The average molecular weight is 311 g/mol. The molecule has 2 rings (SSSR count). The maximum Gasteiger partial charge on any atom is 0.262 e. The van der Waals surface area contributed by atoms with Crippen molar-refractivity contribution >= 4 is 15.7 Å². The van der Waals surface area contributed by atoms with E-state index in [1.807, 2.05) is 0 Å². The molecule has 0 bridgehead atoms. The highest BCUT2D eigenvalue weighted by Gasteiger charge is 2.21. The first kappa shape index (κ1) is 15.1. The number of rotatable bonds is 4. The second-order valence-corrected chi connectivity index (χ2v) is 6.02. The number of methoxy groups -OCH3 is 1. The Hall–Kier alpha value is -2.28. The maximum absolute atomic E-state index is 13.3. The molecule has 2 aromatic carbocycles. The van der Waals surface area contributed by atoms with Crippen LogP contribution >= 0.6 is 0 Å².